The van der Waals surface area contributed by atoms with Gasteiger partial charge in [-0.05, 0) is 71.2 Å². The van der Waals surface area contributed by atoms with Gasteiger partial charge in [0.1, 0.15) is 0 Å². The first-order chi connectivity index (χ1) is 21.8. The molecule has 3 aromatic carbocycles. The van der Waals surface area contributed by atoms with Crippen molar-refractivity contribution >= 4 is 23.4 Å². The van der Waals surface area contributed by atoms with E-state index >= 15 is 0 Å². The summed E-state index contributed by atoms with van der Waals surface area (Å²) in [6.07, 6.45) is 3.37. The first kappa shape index (κ1) is 30.9. The third-order valence-corrected chi connectivity index (χ3v) is 9.37. The molecular weight excluding hydrogens is 588 g/mol. The Morgan fingerprint density at radius 3 is 2.58 bits per heavy atom. The summed E-state index contributed by atoms with van der Waals surface area (Å²) in [7, 11) is 0. The number of carbonyl (C=O) groups is 2. The average molecular weight is 627 g/mol. The van der Waals surface area contributed by atoms with E-state index in [2.05, 4.69) is 46.7 Å². The zero-order chi connectivity index (χ0) is 31.4. The van der Waals surface area contributed by atoms with Crippen LogP contribution in [0.5, 0.6) is 0 Å². The molecule has 3 atom stereocenters. The van der Waals surface area contributed by atoms with Gasteiger partial charge in [-0.3, -0.25) is 9.59 Å². The predicted molar refractivity (Wildman–Crippen MR) is 172 cm³/mol. The highest BCUT2D eigenvalue weighted by Gasteiger charge is 2.42. The van der Waals surface area contributed by atoms with Crippen molar-refractivity contribution < 1.29 is 14.3 Å². The van der Waals surface area contributed by atoms with E-state index in [0.29, 0.717) is 42.6 Å². The second kappa shape index (κ2) is 13.5. The number of benzene rings is 3. The first-order valence-corrected chi connectivity index (χ1v) is 16.0. The lowest BCUT2D eigenvalue weighted by molar-refractivity contribution is -0.139. The molecular formula is C35H39ClN6O3. The maximum Gasteiger partial charge on any atom is 0.251 e. The van der Waals surface area contributed by atoms with Crippen LogP contribution in [0.25, 0.3) is 11.4 Å². The van der Waals surface area contributed by atoms with Crippen molar-refractivity contribution in [2.45, 2.75) is 64.8 Å². The van der Waals surface area contributed by atoms with E-state index in [9.17, 15) is 9.59 Å². The molecule has 9 nitrogen and oxygen atoms in total. The van der Waals surface area contributed by atoms with Crippen LogP contribution in [0.2, 0.25) is 5.02 Å². The van der Waals surface area contributed by atoms with Gasteiger partial charge < -0.3 is 15.0 Å². The fourth-order valence-electron chi connectivity index (χ4n) is 6.80. The molecule has 6 rings (SSSR count). The highest BCUT2D eigenvalue weighted by molar-refractivity contribution is 6.30. The molecule has 10 heteroatoms. The monoisotopic (exact) mass is 626 g/mol. The van der Waals surface area contributed by atoms with Crippen molar-refractivity contribution in [1.82, 2.24) is 30.4 Å². The predicted octanol–water partition coefficient (Wildman–Crippen LogP) is 6.11. The highest BCUT2D eigenvalue weighted by Crippen LogP contribution is 2.43. The van der Waals surface area contributed by atoms with Crippen LogP contribution in [0.1, 0.15) is 66.9 Å². The summed E-state index contributed by atoms with van der Waals surface area (Å²) in [5.74, 6) is 0.471. The summed E-state index contributed by atoms with van der Waals surface area (Å²) in [6, 6.07) is 24.9. The number of amides is 2. The molecule has 1 aromatic heterocycles. The number of piperidine rings is 1. The lowest BCUT2D eigenvalue weighted by Crippen LogP contribution is -2.52. The number of ether oxygens (including phenoxy) is 1. The lowest BCUT2D eigenvalue weighted by atomic mass is 9.70. The van der Waals surface area contributed by atoms with Crippen molar-refractivity contribution in [3.8, 4) is 11.4 Å². The standard InChI is InChI=1S/C35H39ClN6O3/c1-35(2)22-41(19-18-30(35)25-14-16-28(36)17-15-25)34(44)29-12-7-13-31(29)37-33(43)27-11-6-10-26(20-27)32-38-40-42(39-32)23-45-21-24-8-4-3-5-9-24/h3-6,8-11,14-17,20,29-31H,7,12-13,18-19,21-23H2,1-2H3,(H,37,43). The SMILES string of the molecule is CC1(C)CN(C(=O)C2CCCC2NC(=O)c2cccc(-c3nnn(COCc4ccccc4)n3)c2)CCC1c1ccc(Cl)cc1. The van der Waals surface area contributed by atoms with Crippen molar-refractivity contribution in [3.05, 3.63) is 101 Å². The third kappa shape index (κ3) is 7.26. The molecule has 3 unspecified atom stereocenters. The number of halogens is 1. The van der Waals surface area contributed by atoms with Gasteiger partial charge in [0.2, 0.25) is 11.7 Å². The van der Waals surface area contributed by atoms with E-state index in [1.807, 2.05) is 53.4 Å². The smallest absolute Gasteiger partial charge is 0.251 e. The number of nitrogens with zero attached hydrogens (tertiary/aromatic N) is 5. The number of hydrogen-bond acceptors (Lipinski definition) is 6. The van der Waals surface area contributed by atoms with Gasteiger partial charge in [0.15, 0.2) is 6.73 Å². The zero-order valence-corrected chi connectivity index (χ0v) is 26.5. The van der Waals surface area contributed by atoms with E-state index in [1.165, 1.54) is 10.4 Å². The Labute approximate surface area is 268 Å². The van der Waals surface area contributed by atoms with Crippen molar-refractivity contribution in [2.75, 3.05) is 13.1 Å². The maximum atomic E-state index is 13.8. The van der Waals surface area contributed by atoms with Gasteiger partial charge in [0, 0.05) is 35.3 Å². The Bertz CT molecular complexity index is 1620. The van der Waals surface area contributed by atoms with Crippen LogP contribution < -0.4 is 5.32 Å². The fraction of sp³-hybridized carbons (Fsp3) is 0.400. The van der Waals surface area contributed by atoms with Gasteiger partial charge >= 0.3 is 0 Å². The molecule has 4 aromatic rings. The van der Waals surface area contributed by atoms with Crippen LogP contribution >= 0.6 is 11.6 Å². The lowest BCUT2D eigenvalue weighted by Gasteiger charge is -2.45. The summed E-state index contributed by atoms with van der Waals surface area (Å²) >= 11 is 6.12. The van der Waals surface area contributed by atoms with E-state index in [4.69, 9.17) is 16.3 Å². The summed E-state index contributed by atoms with van der Waals surface area (Å²) in [4.78, 5) is 30.6. The molecule has 1 N–H and O–H groups in total. The fourth-order valence-corrected chi connectivity index (χ4v) is 6.93. The first-order valence-electron chi connectivity index (χ1n) is 15.6. The number of tetrazole rings is 1. The third-order valence-electron chi connectivity index (χ3n) is 9.12. The summed E-state index contributed by atoms with van der Waals surface area (Å²) in [6.45, 7) is 6.46. The van der Waals surface area contributed by atoms with E-state index in [-0.39, 0.29) is 35.9 Å². The van der Waals surface area contributed by atoms with Gasteiger partial charge in [-0.1, -0.05) is 86.5 Å². The molecule has 0 spiro atoms. The van der Waals surface area contributed by atoms with E-state index < -0.39 is 0 Å². The maximum absolute atomic E-state index is 13.8. The molecule has 45 heavy (non-hydrogen) atoms. The Kier molecular flexibility index (Phi) is 9.28. The van der Waals surface area contributed by atoms with Crippen LogP contribution in [-0.2, 0) is 22.9 Å². The van der Waals surface area contributed by atoms with Crippen molar-refractivity contribution in [3.63, 3.8) is 0 Å². The van der Waals surface area contributed by atoms with E-state index in [0.717, 1.165) is 36.3 Å². The Hall–Kier alpha value is -4.08. The number of nitrogens with one attached hydrogen (secondary N) is 1. The molecule has 2 heterocycles. The topological polar surface area (TPSA) is 102 Å². The number of likely N-dealkylation sites (tertiary alicyclic amines) is 1. The minimum absolute atomic E-state index is 0.0799. The van der Waals surface area contributed by atoms with Crippen LogP contribution in [0, 0.1) is 11.3 Å². The van der Waals surface area contributed by atoms with Gasteiger partial charge in [0.05, 0.1) is 12.5 Å². The van der Waals surface area contributed by atoms with Crippen LogP contribution in [0.4, 0.5) is 0 Å². The summed E-state index contributed by atoms with van der Waals surface area (Å²) in [5, 5.41) is 16.6. The van der Waals surface area contributed by atoms with Crippen molar-refractivity contribution in [1.29, 1.82) is 0 Å². The minimum Gasteiger partial charge on any atom is -0.353 e. The quantitative estimate of drug-likeness (QED) is 0.241. The second-order valence-electron chi connectivity index (χ2n) is 12.8. The van der Waals surface area contributed by atoms with Crippen LogP contribution in [0.15, 0.2) is 78.9 Å². The second-order valence-corrected chi connectivity index (χ2v) is 13.2. The average Bonchev–Trinajstić information content (AvgIpc) is 3.71. The van der Waals surface area contributed by atoms with Gasteiger partial charge in [-0.15, -0.1) is 15.0 Å². The molecule has 1 aliphatic carbocycles. The molecule has 0 bridgehead atoms. The zero-order valence-electron chi connectivity index (χ0n) is 25.7. The highest BCUT2D eigenvalue weighted by atomic mass is 35.5. The Balaban J connectivity index is 1.06. The largest absolute Gasteiger partial charge is 0.353 e. The minimum atomic E-state index is -0.225. The molecule has 2 amide bonds. The van der Waals surface area contributed by atoms with Crippen LogP contribution in [-0.4, -0.2) is 56.1 Å². The summed E-state index contributed by atoms with van der Waals surface area (Å²) in [5.41, 5.74) is 3.42. The molecule has 2 fully saturated rings. The Morgan fingerprint density at radius 1 is 1.00 bits per heavy atom. The number of carbonyl (C=O) groups excluding carboxylic acids is 2. The number of hydrogen-bond donors (Lipinski definition) is 1. The van der Waals surface area contributed by atoms with Gasteiger partial charge in [-0.25, -0.2) is 0 Å². The molecule has 1 saturated heterocycles. The van der Waals surface area contributed by atoms with Gasteiger partial charge in [-0.2, -0.15) is 0 Å². The molecule has 2 aliphatic rings. The Morgan fingerprint density at radius 2 is 1.80 bits per heavy atom. The number of rotatable bonds is 9. The van der Waals surface area contributed by atoms with Crippen molar-refractivity contribution in [2.24, 2.45) is 11.3 Å². The number of aromatic nitrogens is 4. The normalized spacial score (nSPS) is 21.0. The van der Waals surface area contributed by atoms with Gasteiger partial charge in [0.25, 0.3) is 5.91 Å². The molecule has 234 valence electrons. The van der Waals surface area contributed by atoms with E-state index in [1.54, 1.807) is 18.2 Å². The summed E-state index contributed by atoms with van der Waals surface area (Å²) < 4.78 is 5.70. The molecule has 1 saturated carbocycles. The van der Waals surface area contributed by atoms with Crippen LogP contribution in [0.3, 0.4) is 0 Å². The molecule has 0 radical (unpaired) electrons. The molecule has 1 aliphatic heterocycles.